The first kappa shape index (κ1) is 15.1. The molecule has 0 N–H and O–H groups in total. The zero-order valence-electron chi connectivity index (χ0n) is 9.68. The predicted octanol–water partition coefficient (Wildman–Crippen LogP) is 1.73. The molecule has 0 saturated carbocycles. The van der Waals surface area contributed by atoms with Gasteiger partial charge in [-0.1, -0.05) is 11.6 Å². The van der Waals surface area contributed by atoms with Gasteiger partial charge >= 0.3 is 0 Å². The van der Waals surface area contributed by atoms with Crippen molar-refractivity contribution in [1.82, 2.24) is 4.90 Å². The molecule has 100 valence electrons. The third-order valence-corrected chi connectivity index (χ3v) is 3.60. The highest BCUT2D eigenvalue weighted by atomic mass is 35.7. The summed E-state index contributed by atoms with van der Waals surface area (Å²) in [6, 6.07) is 3.96. The Kier molecular flexibility index (Phi) is 4.84. The molecule has 0 unspecified atom stereocenters. The van der Waals surface area contributed by atoms with Crippen molar-refractivity contribution in [3.63, 3.8) is 0 Å². The molecule has 8 heteroatoms. The van der Waals surface area contributed by atoms with Crippen LogP contribution in [-0.4, -0.2) is 39.9 Å². The number of carbonyl (C=O) groups is 1. The maximum atomic E-state index is 11.3. The monoisotopic (exact) mass is 311 g/mol. The lowest BCUT2D eigenvalue weighted by Crippen LogP contribution is -2.27. The van der Waals surface area contributed by atoms with E-state index in [1.807, 2.05) is 0 Å². The molecule has 1 aromatic rings. The Hall–Kier alpha value is -0.980. The van der Waals surface area contributed by atoms with E-state index in [-0.39, 0.29) is 28.2 Å². The minimum absolute atomic E-state index is 0.00963. The Morgan fingerprint density at radius 1 is 1.39 bits per heavy atom. The van der Waals surface area contributed by atoms with Crippen LogP contribution in [0.2, 0.25) is 5.02 Å². The molecule has 0 heterocycles. The number of likely N-dealkylation sites (N-methyl/N-ethyl adjacent to an activating group) is 1. The quantitative estimate of drug-likeness (QED) is 0.794. The highest BCUT2D eigenvalue weighted by Gasteiger charge is 2.18. The second kappa shape index (κ2) is 5.77. The first-order chi connectivity index (χ1) is 8.21. The number of amides is 1. The van der Waals surface area contributed by atoms with Crippen LogP contribution in [0.15, 0.2) is 23.1 Å². The highest BCUT2D eigenvalue weighted by Crippen LogP contribution is 2.29. The SMILES string of the molecule is CN(C)C(=O)COc1ccc(Cl)cc1S(=O)(=O)Cl. The van der Waals surface area contributed by atoms with Gasteiger partial charge in [-0.15, -0.1) is 0 Å². The molecule has 0 spiro atoms. The van der Waals surface area contributed by atoms with E-state index in [4.69, 9.17) is 27.0 Å². The van der Waals surface area contributed by atoms with Crippen LogP contribution in [0.1, 0.15) is 0 Å². The summed E-state index contributed by atoms with van der Waals surface area (Å²) < 4.78 is 27.8. The van der Waals surface area contributed by atoms with Crippen molar-refractivity contribution < 1.29 is 17.9 Å². The van der Waals surface area contributed by atoms with Crippen molar-refractivity contribution in [2.24, 2.45) is 0 Å². The van der Waals surface area contributed by atoms with E-state index in [9.17, 15) is 13.2 Å². The summed E-state index contributed by atoms with van der Waals surface area (Å²) in [5.41, 5.74) is 0. The fourth-order valence-electron chi connectivity index (χ4n) is 1.06. The molecule has 0 aromatic heterocycles. The number of carbonyl (C=O) groups excluding carboxylic acids is 1. The summed E-state index contributed by atoms with van der Waals surface area (Å²) in [7, 11) is 4.39. The molecular weight excluding hydrogens is 301 g/mol. The van der Waals surface area contributed by atoms with Crippen molar-refractivity contribution in [2.75, 3.05) is 20.7 Å². The van der Waals surface area contributed by atoms with Gasteiger partial charge in [0.2, 0.25) is 0 Å². The summed E-state index contributed by atoms with van der Waals surface area (Å²) >= 11 is 5.68. The molecule has 0 saturated heterocycles. The second-order valence-corrected chi connectivity index (χ2v) is 6.58. The first-order valence-corrected chi connectivity index (χ1v) is 7.47. The van der Waals surface area contributed by atoms with Crippen molar-refractivity contribution in [3.05, 3.63) is 23.2 Å². The van der Waals surface area contributed by atoms with Gasteiger partial charge in [0.15, 0.2) is 6.61 Å². The molecule has 1 amide bonds. The molecule has 18 heavy (non-hydrogen) atoms. The predicted molar refractivity (Wildman–Crippen MR) is 68.7 cm³/mol. The summed E-state index contributed by atoms with van der Waals surface area (Å²) in [6.45, 7) is -0.284. The van der Waals surface area contributed by atoms with Crippen LogP contribution >= 0.6 is 22.3 Å². The van der Waals surface area contributed by atoms with E-state index in [1.54, 1.807) is 14.1 Å². The van der Waals surface area contributed by atoms with Crippen molar-refractivity contribution in [1.29, 1.82) is 0 Å². The number of rotatable bonds is 4. The molecule has 0 radical (unpaired) electrons. The topological polar surface area (TPSA) is 63.7 Å². The molecule has 5 nitrogen and oxygen atoms in total. The van der Waals surface area contributed by atoms with Gasteiger partial charge in [0.25, 0.3) is 15.0 Å². The fraction of sp³-hybridized carbons (Fsp3) is 0.300. The van der Waals surface area contributed by atoms with Crippen molar-refractivity contribution in [3.8, 4) is 5.75 Å². The molecule has 0 bridgehead atoms. The maximum absolute atomic E-state index is 11.3. The molecule has 1 aromatic carbocycles. The van der Waals surface area contributed by atoms with E-state index in [1.165, 1.54) is 23.1 Å². The summed E-state index contributed by atoms with van der Waals surface area (Å²) in [5.74, 6) is -0.313. The number of nitrogens with zero attached hydrogens (tertiary/aromatic N) is 1. The largest absolute Gasteiger partial charge is 0.482 e. The Balaban J connectivity index is 3.00. The van der Waals surface area contributed by atoms with Crippen LogP contribution in [0.5, 0.6) is 5.75 Å². The van der Waals surface area contributed by atoms with Crippen LogP contribution in [-0.2, 0) is 13.8 Å². The lowest BCUT2D eigenvalue weighted by molar-refractivity contribution is -0.130. The molecule has 0 atom stereocenters. The van der Waals surface area contributed by atoms with Gasteiger partial charge in [0.05, 0.1) is 0 Å². The molecule has 0 aliphatic heterocycles. The van der Waals surface area contributed by atoms with E-state index < -0.39 is 9.05 Å². The number of ether oxygens (including phenoxy) is 1. The lowest BCUT2D eigenvalue weighted by atomic mass is 10.3. The Bertz CT molecular complexity index is 557. The Morgan fingerprint density at radius 2 is 2.00 bits per heavy atom. The van der Waals surface area contributed by atoms with E-state index in [0.29, 0.717) is 0 Å². The number of benzene rings is 1. The smallest absolute Gasteiger partial charge is 0.265 e. The number of hydrogen-bond donors (Lipinski definition) is 0. The Labute approximate surface area is 115 Å². The molecule has 0 fully saturated rings. The molecule has 1 rings (SSSR count). The fourth-order valence-corrected chi connectivity index (χ4v) is 2.29. The minimum Gasteiger partial charge on any atom is -0.482 e. The van der Waals surface area contributed by atoms with Gasteiger partial charge < -0.3 is 9.64 Å². The first-order valence-electron chi connectivity index (χ1n) is 4.79. The van der Waals surface area contributed by atoms with Gasteiger partial charge in [0, 0.05) is 29.8 Å². The standard InChI is InChI=1S/C10H11Cl2NO4S/c1-13(2)10(14)6-17-8-4-3-7(11)5-9(8)18(12,15)16/h3-5H,6H2,1-2H3. The van der Waals surface area contributed by atoms with E-state index in [0.717, 1.165) is 0 Å². The highest BCUT2D eigenvalue weighted by molar-refractivity contribution is 8.13. The van der Waals surface area contributed by atoms with Crippen LogP contribution in [0, 0.1) is 0 Å². The van der Waals surface area contributed by atoms with Crippen molar-refractivity contribution in [2.45, 2.75) is 4.90 Å². The zero-order chi connectivity index (χ0) is 13.9. The molecule has 0 aliphatic rings. The maximum Gasteiger partial charge on any atom is 0.265 e. The van der Waals surface area contributed by atoms with E-state index >= 15 is 0 Å². The van der Waals surface area contributed by atoms with Gasteiger partial charge in [-0.25, -0.2) is 8.42 Å². The van der Waals surface area contributed by atoms with Gasteiger partial charge in [-0.05, 0) is 18.2 Å². The molecular formula is C10H11Cl2NO4S. The van der Waals surface area contributed by atoms with Crippen LogP contribution in [0.3, 0.4) is 0 Å². The Morgan fingerprint density at radius 3 is 2.50 bits per heavy atom. The molecule has 0 aliphatic carbocycles. The lowest BCUT2D eigenvalue weighted by Gasteiger charge is -2.13. The number of halogens is 2. The van der Waals surface area contributed by atoms with Gasteiger partial charge in [-0.3, -0.25) is 4.79 Å². The minimum atomic E-state index is -3.99. The normalized spacial score (nSPS) is 11.1. The van der Waals surface area contributed by atoms with Crippen molar-refractivity contribution >= 4 is 37.2 Å². The van der Waals surface area contributed by atoms with Gasteiger partial charge in [0.1, 0.15) is 10.6 Å². The van der Waals surface area contributed by atoms with Crippen LogP contribution < -0.4 is 4.74 Å². The van der Waals surface area contributed by atoms with E-state index in [2.05, 4.69) is 0 Å². The summed E-state index contributed by atoms with van der Waals surface area (Å²) in [6.07, 6.45) is 0. The average Bonchev–Trinajstić information content (AvgIpc) is 2.25. The summed E-state index contributed by atoms with van der Waals surface area (Å²) in [4.78, 5) is 12.4. The summed E-state index contributed by atoms with van der Waals surface area (Å²) in [5, 5.41) is 0.209. The number of hydrogen-bond acceptors (Lipinski definition) is 4. The average molecular weight is 312 g/mol. The van der Waals surface area contributed by atoms with Crippen LogP contribution in [0.25, 0.3) is 0 Å². The van der Waals surface area contributed by atoms with Crippen LogP contribution in [0.4, 0.5) is 0 Å². The third kappa shape index (κ3) is 4.04. The third-order valence-electron chi connectivity index (χ3n) is 2.02. The zero-order valence-corrected chi connectivity index (χ0v) is 12.0. The van der Waals surface area contributed by atoms with Gasteiger partial charge in [-0.2, -0.15) is 0 Å². The second-order valence-electron chi connectivity index (χ2n) is 3.61.